The van der Waals surface area contributed by atoms with E-state index in [1.807, 2.05) is 0 Å². The highest BCUT2D eigenvalue weighted by Gasteiger charge is 2.24. The number of hydrogen-bond donors (Lipinski definition) is 2. The summed E-state index contributed by atoms with van der Waals surface area (Å²) < 4.78 is 42.6. The molecule has 2 aromatic heterocycles. The number of thiazole rings is 1. The molecular formula is C20H17FN4O2S2. The first kappa shape index (κ1) is 19.3. The highest BCUT2D eigenvalue weighted by atomic mass is 32.2. The van der Waals surface area contributed by atoms with Gasteiger partial charge in [-0.3, -0.25) is 9.82 Å². The van der Waals surface area contributed by atoms with E-state index in [2.05, 4.69) is 19.9 Å². The van der Waals surface area contributed by atoms with E-state index in [1.165, 1.54) is 17.4 Å². The first-order valence-corrected chi connectivity index (χ1v) is 11.1. The number of halogens is 1. The van der Waals surface area contributed by atoms with Gasteiger partial charge in [0.05, 0.1) is 22.8 Å². The van der Waals surface area contributed by atoms with E-state index in [-0.39, 0.29) is 10.7 Å². The molecule has 0 atom stereocenters. The minimum absolute atomic E-state index is 0.123. The summed E-state index contributed by atoms with van der Waals surface area (Å²) in [7, 11) is -3.84. The van der Waals surface area contributed by atoms with Gasteiger partial charge in [0, 0.05) is 16.5 Å². The maximum Gasteiger partial charge on any atom is 0.265 e. The van der Waals surface area contributed by atoms with Crippen LogP contribution < -0.4 is 4.72 Å². The van der Waals surface area contributed by atoms with Crippen molar-refractivity contribution in [2.24, 2.45) is 0 Å². The van der Waals surface area contributed by atoms with E-state index in [4.69, 9.17) is 0 Å². The molecule has 0 aliphatic rings. The molecule has 9 heteroatoms. The van der Waals surface area contributed by atoms with Crippen molar-refractivity contribution < 1.29 is 12.8 Å². The molecule has 2 heterocycles. The van der Waals surface area contributed by atoms with Gasteiger partial charge in [-0.15, -0.1) is 11.3 Å². The van der Waals surface area contributed by atoms with Crippen molar-refractivity contribution in [1.29, 1.82) is 0 Å². The molecule has 4 aromatic rings. The maximum atomic E-state index is 14.1. The fourth-order valence-corrected chi connectivity index (χ4v) is 5.38. The normalized spacial score (nSPS) is 11.6. The summed E-state index contributed by atoms with van der Waals surface area (Å²) in [6.45, 7) is 3.28. The van der Waals surface area contributed by atoms with E-state index in [1.54, 1.807) is 61.7 Å². The van der Waals surface area contributed by atoms with Crippen molar-refractivity contribution in [2.45, 2.75) is 18.7 Å². The molecule has 0 unspecified atom stereocenters. The average molecular weight is 429 g/mol. The smallest absolute Gasteiger partial charge is 0.265 e. The first-order chi connectivity index (χ1) is 13.9. The Morgan fingerprint density at radius 3 is 2.41 bits per heavy atom. The molecule has 29 heavy (non-hydrogen) atoms. The van der Waals surface area contributed by atoms with Gasteiger partial charge in [-0.1, -0.05) is 30.3 Å². The summed E-state index contributed by atoms with van der Waals surface area (Å²) in [6.07, 6.45) is 0. The van der Waals surface area contributed by atoms with Gasteiger partial charge in [-0.2, -0.15) is 5.10 Å². The third-order valence-corrected chi connectivity index (χ3v) is 6.89. The fourth-order valence-electron chi connectivity index (χ4n) is 3.08. The molecule has 148 valence electrons. The second kappa shape index (κ2) is 7.41. The minimum atomic E-state index is -3.84. The number of aryl methyl sites for hydroxylation is 2. The number of nitrogens with zero attached hydrogens (tertiary/aromatic N) is 2. The molecule has 0 saturated carbocycles. The zero-order chi connectivity index (χ0) is 20.6. The Morgan fingerprint density at radius 2 is 1.72 bits per heavy atom. The van der Waals surface area contributed by atoms with Crippen molar-refractivity contribution >= 4 is 27.0 Å². The highest BCUT2D eigenvalue weighted by Crippen LogP contribution is 2.34. The molecule has 0 saturated heterocycles. The Labute approximate surface area is 171 Å². The molecule has 4 rings (SSSR count). The number of rotatable bonds is 5. The van der Waals surface area contributed by atoms with Crippen LogP contribution in [0.5, 0.6) is 0 Å². The van der Waals surface area contributed by atoms with Gasteiger partial charge in [0.2, 0.25) is 0 Å². The summed E-state index contributed by atoms with van der Waals surface area (Å²) in [6, 6.07) is 13.4. The van der Waals surface area contributed by atoms with Gasteiger partial charge in [0.25, 0.3) is 10.0 Å². The number of H-pyrrole nitrogens is 1. The Hall–Kier alpha value is -3.04. The minimum Gasteiger partial charge on any atom is -0.281 e. The summed E-state index contributed by atoms with van der Waals surface area (Å²) in [5.74, 6) is -0.353. The maximum absolute atomic E-state index is 14.1. The number of anilines is 1. The molecule has 0 radical (unpaired) electrons. The van der Waals surface area contributed by atoms with E-state index >= 15 is 0 Å². The standard InChI is InChI=1S/C20H17FN4O2S2/c1-12-19(13(2)24-23-12)29(26,27)25-17-10-6-4-8-15(17)18-11-28-20(22-18)14-7-3-5-9-16(14)21/h3-11,25H,1-2H3,(H,23,24). The summed E-state index contributed by atoms with van der Waals surface area (Å²) in [4.78, 5) is 4.65. The molecule has 0 aliphatic carbocycles. The highest BCUT2D eigenvalue weighted by molar-refractivity contribution is 7.92. The second-order valence-corrected chi connectivity index (χ2v) is 8.91. The number of hydrogen-bond acceptors (Lipinski definition) is 5. The monoisotopic (exact) mass is 428 g/mol. The van der Waals surface area contributed by atoms with Gasteiger partial charge in [-0.05, 0) is 32.0 Å². The van der Waals surface area contributed by atoms with Crippen LogP contribution in [0, 0.1) is 19.7 Å². The third-order valence-electron chi connectivity index (χ3n) is 4.39. The quantitative estimate of drug-likeness (QED) is 0.480. The van der Waals surface area contributed by atoms with Gasteiger partial charge < -0.3 is 0 Å². The van der Waals surface area contributed by atoms with Crippen LogP contribution in [-0.4, -0.2) is 23.6 Å². The summed E-state index contributed by atoms with van der Waals surface area (Å²) >= 11 is 1.30. The lowest BCUT2D eigenvalue weighted by atomic mass is 10.1. The van der Waals surface area contributed by atoms with Crippen LogP contribution in [0.4, 0.5) is 10.1 Å². The Morgan fingerprint density at radius 1 is 1.03 bits per heavy atom. The van der Waals surface area contributed by atoms with Gasteiger partial charge >= 0.3 is 0 Å². The largest absolute Gasteiger partial charge is 0.281 e. The number of sulfonamides is 1. The van der Waals surface area contributed by atoms with Gasteiger partial charge in [0.15, 0.2) is 0 Å². The van der Waals surface area contributed by atoms with E-state index in [9.17, 15) is 12.8 Å². The summed E-state index contributed by atoms with van der Waals surface area (Å²) in [5.41, 5.74) is 2.82. The van der Waals surface area contributed by atoms with E-state index in [0.29, 0.717) is 38.9 Å². The van der Waals surface area contributed by atoms with Crippen molar-refractivity contribution in [3.8, 4) is 21.8 Å². The number of para-hydroxylation sites is 1. The molecular weight excluding hydrogens is 411 g/mol. The number of nitrogens with one attached hydrogen (secondary N) is 2. The molecule has 0 fully saturated rings. The molecule has 0 spiro atoms. The van der Waals surface area contributed by atoms with Crippen LogP contribution in [0.1, 0.15) is 11.4 Å². The van der Waals surface area contributed by atoms with Gasteiger partial charge in [0.1, 0.15) is 15.7 Å². The number of aromatic nitrogens is 3. The molecule has 0 aliphatic heterocycles. The van der Waals surface area contributed by atoms with Crippen molar-refractivity contribution in [3.63, 3.8) is 0 Å². The van der Waals surface area contributed by atoms with Crippen LogP contribution in [0.3, 0.4) is 0 Å². The number of aromatic amines is 1. The van der Waals surface area contributed by atoms with Crippen molar-refractivity contribution in [3.05, 3.63) is 71.1 Å². The predicted molar refractivity (Wildman–Crippen MR) is 112 cm³/mol. The topological polar surface area (TPSA) is 87.7 Å². The van der Waals surface area contributed by atoms with Crippen LogP contribution in [-0.2, 0) is 10.0 Å². The zero-order valence-electron chi connectivity index (χ0n) is 15.6. The van der Waals surface area contributed by atoms with E-state index < -0.39 is 10.0 Å². The van der Waals surface area contributed by atoms with Crippen LogP contribution in [0.25, 0.3) is 21.8 Å². The lowest BCUT2D eigenvalue weighted by molar-refractivity contribution is 0.600. The summed E-state index contributed by atoms with van der Waals surface area (Å²) in [5, 5.41) is 8.95. The molecule has 0 amide bonds. The molecule has 2 aromatic carbocycles. The average Bonchev–Trinajstić information content (AvgIpc) is 3.29. The third kappa shape index (κ3) is 3.66. The lowest BCUT2D eigenvalue weighted by Crippen LogP contribution is -2.15. The Kier molecular flexibility index (Phi) is 4.93. The van der Waals surface area contributed by atoms with E-state index in [0.717, 1.165) is 0 Å². The lowest BCUT2D eigenvalue weighted by Gasteiger charge is -2.11. The molecule has 0 bridgehead atoms. The Balaban J connectivity index is 1.73. The van der Waals surface area contributed by atoms with Crippen LogP contribution >= 0.6 is 11.3 Å². The predicted octanol–water partition coefficient (Wildman–Crippen LogP) is 4.76. The van der Waals surface area contributed by atoms with Gasteiger partial charge in [-0.25, -0.2) is 17.8 Å². The van der Waals surface area contributed by atoms with Crippen molar-refractivity contribution in [1.82, 2.24) is 15.2 Å². The molecule has 6 nitrogen and oxygen atoms in total. The fraction of sp³-hybridized carbons (Fsp3) is 0.100. The zero-order valence-corrected chi connectivity index (χ0v) is 17.2. The molecule has 2 N–H and O–H groups in total. The van der Waals surface area contributed by atoms with Crippen LogP contribution in [0.2, 0.25) is 0 Å². The van der Waals surface area contributed by atoms with Crippen molar-refractivity contribution in [2.75, 3.05) is 4.72 Å². The van der Waals surface area contributed by atoms with Crippen LogP contribution in [0.15, 0.2) is 58.8 Å². The number of benzene rings is 2. The Bertz CT molecular complexity index is 1280. The second-order valence-electron chi connectivity index (χ2n) is 6.43. The first-order valence-electron chi connectivity index (χ1n) is 8.71. The SMILES string of the molecule is Cc1n[nH]c(C)c1S(=O)(=O)Nc1ccccc1-c1csc(-c2ccccc2F)n1.